The van der Waals surface area contributed by atoms with Crippen molar-refractivity contribution in [3.8, 4) is 11.5 Å². The van der Waals surface area contributed by atoms with E-state index in [9.17, 15) is 13.2 Å². The van der Waals surface area contributed by atoms with Crippen LogP contribution in [0.2, 0.25) is 0 Å². The monoisotopic (exact) mass is 350 g/mol. The maximum atomic E-state index is 12.4. The molecule has 0 saturated heterocycles. The third-order valence-electron chi connectivity index (χ3n) is 3.23. The fourth-order valence-electron chi connectivity index (χ4n) is 2.11. The van der Waals surface area contributed by atoms with Gasteiger partial charge < -0.3 is 14.8 Å². The van der Waals surface area contributed by atoms with Gasteiger partial charge in [-0.2, -0.15) is 0 Å². The van der Waals surface area contributed by atoms with Gasteiger partial charge in [-0.3, -0.25) is 4.79 Å². The van der Waals surface area contributed by atoms with E-state index in [-0.39, 0.29) is 11.7 Å². The highest BCUT2D eigenvalue weighted by Crippen LogP contribution is 2.25. The largest absolute Gasteiger partial charge is 0.497 e. The minimum absolute atomic E-state index is 0.259. The number of nitrogens with two attached hydrogens (primary N) is 1. The van der Waals surface area contributed by atoms with Gasteiger partial charge in [-0.05, 0) is 35.9 Å². The molecule has 0 spiro atoms. The number of ether oxygens (including phenoxy) is 2. The lowest BCUT2D eigenvalue weighted by Gasteiger charge is -2.11. The minimum Gasteiger partial charge on any atom is -0.497 e. The van der Waals surface area contributed by atoms with E-state index in [4.69, 9.17) is 14.6 Å². The number of hydrogen-bond acceptors (Lipinski definition) is 5. The molecule has 24 heavy (non-hydrogen) atoms. The summed E-state index contributed by atoms with van der Waals surface area (Å²) in [7, 11) is -0.610. The SMILES string of the molecule is COc1ccc(OC)c(C(=O)Nc2ccc(CS(N)(=O)=O)cc2)c1. The zero-order chi connectivity index (χ0) is 17.7. The predicted molar refractivity (Wildman–Crippen MR) is 90.8 cm³/mol. The highest BCUT2D eigenvalue weighted by Gasteiger charge is 2.14. The summed E-state index contributed by atoms with van der Waals surface area (Å²) in [6, 6.07) is 11.3. The van der Waals surface area contributed by atoms with Crippen LogP contribution in [0.5, 0.6) is 11.5 Å². The zero-order valence-electron chi connectivity index (χ0n) is 13.3. The third kappa shape index (κ3) is 4.71. The van der Waals surface area contributed by atoms with Crippen LogP contribution in [-0.2, 0) is 15.8 Å². The molecule has 2 aromatic rings. The molecule has 2 aromatic carbocycles. The first kappa shape index (κ1) is 17.8. The lowest BCUT2D eigenvalue weighted by atomic mass is 10.1. The molecule has 0 heterocycles. The number of benzene rings is 2. The van der Waals surface area contributed by atoms with Gasteiger partial charge in [0.05, 0.1) is 25.5 Å². The van der Waals surface area contributed by atoms with Crippen molar-refractivity contribution >= 4 is 21.6 Å². The number of primary sulfonamides is 1. The third-order valence-corrected chi connectivity index (χ3v) is 3.97. The number of carbonyl (C=O) groups excluding carboxylic acids is 1. The number of anilines is 1. The van der Waals surface area contributed by atoms with Crippen molar-refractivity contribution in [1.29, 1.82) is 0 Å². The normalized spacial score (nSPS) is 11.0. The summed E-state index contributed by atoms with van der Waals surface area (Å²) in [4.78, 5) is 12.4. The Hall–Kier alpha value is -2.58. The standard InChI is InChI=1S/C16H18N2O5S/c1-22-13-7-8-15(23-2)14(9-13)16(19)18-12-5-3-11(4-6-12)10-24(17,20)21/h3-9H,10H2,1-2H3,(H,18,19)(H2,17,20,21). The van der Waals surface area contributed by atoms with Crippen LogP contribution < -0.4 is 19.9 Å². The number of amides is 1. The van der Waals surface area contributed by atoms with Gasteiger partial charge in [0.25, 0.3) is 5.91 Å². The number of hydrogen-bond donors (Lipinski definition) is 2. The molecule has 0 aliphatic carbocycles. The first-order chi connectivity index (χ1) is 11.3. The van der Waals surface area contributed by atoms with Crippen molar-refractivity contribution in [2.75, 3.05) is 19.5 Å². The van der Waals surface area contributed by atoms with Crippen LogP contribution in [0, 0.1) is 0 Å². The van der Waals surface area contributed by atoms with Crippen molar-refractivity contribution in [3.05, 3.63) is 53.6 Å². The summed E-state index contributed by atoms with van der Waals surface area (Å²) in [5.41, 5.74) is 1.38. The minimum atomic E-state index is -3.59. The molecule has 0 saturated carbocycles. The lowest BCUT2D eigenvalue weighted by molar-refractivity contribution is 0.102. The molecular formula is C16H18N2O5S. The van der Waals surface area contributed by atoms with E-state index in [2.05, 4.69) is 5.32 Å². The van der Waals surface area contributed by atoms with Crippen LogP contribution in [0.15, 0.2) is 42.5 Å². The molecule has 0 aliphatic rings. The topological polar surface area (TPSA) is 108 Å². The second-order valence-corrected chi connectivity index (χ2v) is 6.64. The van der Waals surface area contributed by atoms with Crippen LogP contribution in [0.25, 0.3) is 0 Å². The van der Waals surface area contributed by atoms with Crippen LogP contribution >= 0.6 is 0 Å². The first-order valence-electron chi connectivity index (χ1n) is 6.95. The molecule has 0 aliphatic heterocycles. The second-order valence-electron chi connectivity index (χ2n) is 5.02. The molecule has 1 amide bonds. The van der Waals surface area contributed by atoms with E-state index >= 15 is 0 Å². The van der Waals surface area contributed by atoms with E-state index < -0.39 is 10.0 Å². The van der Waals surface area contributed by atoms with E-state index in [1.54, 1.807) is 42.5 Å². The van der Waals surface area contributed by atoms with E-state index in [0.717, 1.165) is 0 Å². The number of carbonyl (C=O) groups is 1. The van der Waals surface area contributed by atoms with E-state index in [1.807, 2.05) is 0 Å². The van der Waals surface area contributed by atoms with Gasteiger partial charge >= 0.3 is 0 Å². The summed E-state index contributed by atoms with van der Waals surface area (Å²) in [5.74, 6) is 0.318. The van der Waals surface area contributed by atoms with Gasteiger partial charge in [0.1, 0.15) is 11.5 Å². The van der Waals surface area contributed by atoms with Crippen LogP contribution in [0.1, 0.15) is 15.9 Å². The summed E-state index contributed by atoms with van der Waals surface area (Å²) in [6.07, 6.45) is 0. The van der Waals surface area contributed by atoms with Gasteiger partial charge in [0.2, 0.25) is 10.0 Å². The number of methoxy groups -OCH3 is 2. The average Bonchev–Trinajstić information content (AvgIpc) is 2.54. The molecule has 0 fully saturated rings. The Bertz CT molecular complexity index is 832. The highest BCUT2D eigenvalue weighted by atomic mass is 32.2. The van der Waals surface area contributed by atoms with Gasteiger partial charge in [-0.1, -0.05) is 12.1 Å². The van der Waals surface area contributed by atoms with Crippen molar-refractivity contribution in [2.24, 2.45) is 5.14 Å². The second kappa shape index (κ2) is 7.33. The van der Waals surface area contributed by atoms with Gasteiger partial charge in [0.15, 0.2) is 0 Å². The Morgan fingerprint density at radius 3 is 2.29 bits per heavy atom. The van der Waals surface area contributed by atoms with Crippen LogP contribution in [0.4, 0.5) is 5.69 Å². The van der Waals surface area contributed by atoms with Crippen molar-refractivity contribution in [1.82, 2.24) is 0 Å². The van der Waals surface area contributed by atoms with E-state index in [1.165, 1.54) is 14.2 Å². The molecule has 2 rings (SSSR count). The first-order valence-corrected chi connectivity index (χ1v) is 8.66. The van der Waals surface area contributed by atoms with Gasteiger partial charge in [0, 0.05) is 5.69 Å². The molecule has 3 N–H and O–H groups in total. The summed E-state index contributed by atoms with van der Waals surface area (Å²) in [5, 5.41) is 7.72. The van der Waals surface area contributed by atoms with Crippen molar-refractivity contribution in [2.45, 2.75) is 5.75 Å². The summed E-state index contributed by atoms with van der Waals surface area (Å²) >= 11 is 0. The fraction of sp³-hybridized carbons (Fsp3) is 0.188. The Labute approximate surface area is 140 Å². The highest BCUT2D eigenvalue weighted by molar-refractivity contribution is 7.88. The smallest absolute Gasteiger partial charge is 0.259 e. The number of rotatable bonds is 6. The quantitative estimate of drug-likeness (QED) is 0.825. The average molecular weight is 350 g/mol. The fourth-order valence-corrected chi connectivity index (χ4v) is 2.76. The van der Waals surface area contributed by atoms with E-state index in [0.29, 0.717) is 28.3 Å². The molecule has 7 nitrogen and oxygen atoms in total. The Balaban J connectivity index is 2.18. The maximum absolute atomic E-state index is 12.4. The molecule has 8 heteroatoms. The molecule has 0 radical (unpaired) electrons. The summed E-state index contributed by atoms with van der Waals surface area (Å²) < 4.78 is 32.4. The number of nitrogens with one attached hydrogen (secondary N) is 1. The molecule has 0 bridgehead atoms. The molecule has 0 aromatic heterocycles. The van der Waals surface area contributed by atoms with Gasteiger partial charge in [-0.25, -0.2) is 13.6 Å². The Morgan fingerprint density at radius 2 is 1.75 bits per heavy atom. The van der Waals surface area contributed by atoms with Crippen molar-refractivity contribution < 1.29 is 22.7 Å². The lowest BCUT2D eigenvalue weighted by Crippen LogP contribution is -2.15. The molecule has 0 atom stereocenters. The maximum Gasteiger partial charge on any atom is 0.259 e. The van der Waals surface area contributed by atoms with Crippen molar-refractivity contribution in [3.63, 3.8) is 0 Å². The predicted octanol–water partition coefficient (Wildman–Crippen LogP) is 1.74. The van der Waals surface area contributed by atoms with Gasteiger partial charge in [-0.15, -0.1) is 0 Å². The molecular weight excluding hydrogens is 332 g/mol. The molecule has 128 valence electrons. The summed E-state index contributed by atoms with van der Waals surface area (Å²) in [6.45, 7) is 0. The zero-order valence-corrected chi connectivity index (χ0v) is 14.1. The molecule has 0 unspecified atom stereocenters. The Kier molecular flexibility index (Phi) is 5.42. The number of sulfonamides is 1. The Morgan fingerprint density at radius 1 is 1.08 bits per heavy atom. The van der Waals surface area contributed by atoms with Crippen LogP contribution in [-0.4, -0.2) is 28.5 Å². The van der Waals surface area contributed by atoms with Crippen LogP contribution in [0.3, 0.4) is 0 Å².